The zero-order valence-corrected chi connectivity index (χ0v) is 18.5. The molecule has 0 saturated heterocycles. The van der Waals surface area contributed by atoms with Crippen molar-refractivity contribution in [1.29, 1.82) is 0 Å². The molecule has 3 aromatic rings. The molecule has 0 bridgehead atoms. The van der Waals surface area contributed by atoms with Gasteiger partial charge in [0.15, 0.2) is 11.5 Å². The zero-order chi connectivity index (χ0) is 20.4. The minimum atomic E-state index is -0.234. The van der Waals surface area contributed by atoms with E-state index in [0.29, 0.717) is 38.5 Å². The highest BCUT2D eigenvalue weighted by molar-refractivity contribution is 7.11. The SMILES string of the molecule is COc1cc2c(cc1OC)=C(N(C(=O)c1cncs1)c1ccccc1)N(Cl)CN=2.Cl. The number of aromatic nitrogens is 1. The number of halogens is 2. The average molecular weight is 465 g/mol. The van der Waals surface area contributed by atoms with E-state index in [1.165, 1.54) is 15.8 Å². The molecule has 0 saturated carbocycles. The molecule has 0 atom stereocenters. The molecule has 0 aliphatic carbocycles. The summed E-state index contributed by atoms with van der Waals surface area (Å²) in [6, 6.07) is 12.9. The molecular formula is C20H18Cl2N4O3S. The number of hydrogen-bond acceptors (Lipinski definition) is 7. The van der Waals surface area contributed by atoms with Crippen molar-refractivity contribution in [2.24, 2.45) is 4.99 Å². The number of nitrogens with zero attached hydrogens (tertiary/aromatic N) is 4. The number of thiazole rings is 1. The van der Waals surface area contributed by atoms with E-state index in [4.69, 9.17) is 21.3 Å². The first-order valence-corrected chi connectivity index (χ1v) is 9.88. The second-order valence-electron chi connectivity index (χ2n) is 6.05. The third-order valence-corrected chi connectivity index (χ3v) is 5.44. The highest BCUT2D eigenvalue weighted by Crippen LogP contribution is 2.28. The van der Waals surface area contributed by atoms with E-state index in [1.807, 2.05) is 30.3 Å². The molecule has 2 aromatic carbocycles. The van der Waals surface area contributed by atoms with Crippen LogP contribution in [-0.2, 0) is 0 Å². The second-order valence-corrected chi connectivity index (χ2v) is 7.35. The molecule has 7 nitrogen and oxygen atoms in total. The molecule has 1 aromatic heterocycles. The number of amides is 1. The van der Waals surface area contributed by atoms with E-state index < -0.39 is 0 Å². The fourth-order valence-electron chi connectivity index (χ4n) is 3.09. The van der Waals surface area contributed by atoms with Crippen LogP contribution < -0.4 is 24.9 Å². The summed E-state index contributed by atoms with van der Waals surface area (Å²) < 4.78 is 12.3. The van der Waals surface area contributed by atoms with Crippen LogP contribution in [0.1, 0.15) is 9.67 Å². The van der Waals surface area contributed by atoms with Crippen molar-refractivity contribution in [3.05, 3.63) is 69.6 Å². The number of anilines is 1. The molecule has 30 heavy (non-hydrogen) atoms. The van der Waals surface area contributed by atoms with Gasteiger partial charge in [-0.1, -0.05) is 18.2 Å². The number of carbonyl (C=O) groups excluding carboxylic acids is 1. The number of ether oxygens (including phenoxy) is 2. The van der Waals surface area contributed by atoms with Gasteiger partial charge in [0, 0.05) is 23.1 Å². The van der Waals surface area contributed by atoms with Gasteiger partial charge in [-0.05, 0) is 18.2 Å². The average Bonchev–Trinajstić information content (AvgIpc) is 3.30. The Morgan fingerprint density at radius 3 is 2.50 bits per heavy atom. The van der Waals surface area contributed by atoms with E-state index >= 15 is 0 Å². The maximum Gasteiger partial charge on any atom is 0.275 e. The lowest BCUT2D eigenvalue weighted by Crippen LogP contribution is -2.46. The molecule has 0 N–H and O–H groups in total. The van der Waals surface area contributed by atoms with E-state index in [0.717, 1.165) is 0 Å². The number of rotatable bonds is 5. The predicted octanol–water partition coefficient (Wildman–Crippen LogP) is 3.04. The monoisotopic (exact) mass is 464 g/mol. The van der Waals surface area contributed by atoms with Gasteiger partial charge in [0.2, 0.25) is 0 Å². The predicted molar refractivity (Wildman–Crippen MR) is 119 cm³/mol. The Labute approximate surface area is 188 Å². The first-order chi connectivity index (χ1) is 14.1. The molecule has 0 spiro atoms. The third kappa shape index (κ3) is 3.94. The van der Waals surface area contributed by atoms with Crippen molar-refractivity contribution in [1.82, 2.24) is 9.40 Å². The number of hydrogen-bond donors (Lipinski definition) is 0. The van der Waals surface area contributed by atoms with Crippen molar-refractivity contribution in [3.8, 4) is 11.5 Å². The summed E-state index contributed by atoms with van der Waals surface area (Å²) in [4.78, 5) is 24.0. The Hall–Kier alpha value is -2.81. The Balaban J connectivity index is 0.00000256. The summed E-state index contributed by atoms with van der Waals surface area (Å²) in [7, 11) is 3.12. The topological polar surface area (TPSA) is 67.3 Å². The minimum Gasteiger partial charge on any atom is -0.493 e. The molecule has 4 rings (SSSR count). The highest BCUT2D eigenvalue weighted by Gasteiger charge is 2.29. The van der Waals surface area contributed by atoms with Crippen LogP contribution in [0, 0.1) is 0 Å². The van der Waals surface area contributed by atoms with Crippen LogP contribution in [0.5, 0.6) is 11.5 Å². The molecule has 156 valence electrons. The van der Waals surface area contributed by atoms with Crippen LogP contribution in [0.4, 0.5) is 5.69 Å². The number of benzene rings is 2. The summed E-state index contributed by atoms with van der Waals surface area (Å²) in [6.45, 7) is 0.179. The van der Waals surface area contributed by atoms with Crippen molar-refractivity contribution in [3.63, 3.8) is 0 Å². The molecule has 0 fully saturated rings. The lowest BCUT2D eigenvalue weighted by atomic mass is 10.2. The molecule has 1 aliphatic heterocycles. The summed E-state index contributed by atoms with van der Waals surface area (Å²) >= 11 is 7.82. The number of para-hydroxylation sites is 1. The van der Waals surface area contributed by atoms with Crippen LogP contribution in [0.15, 0.2) is 59.2 Å². The van der Waals surface area contributed by atoms with Crippen molar-refractivity contribution in [2.75, 3.05) is 25.8 Å². The summed E-state index contributed by atoms with van der Waals surface area (Å²) in [5.74, 6) is 1.32. The summed E-state index contributed by atoms with van der Waals surface area (Å²) in [5, 5.41) is 1.32. The van der Waals surface area contributed by atoms with E-state index in [1.54, 1.807) is 43.0 Å². The van der Waals surface area contributed by atoms with Crippen molar-refractivity contribution in [2.45, 2.75) is 0 Å². The molecule has 1 amide bonds. The number of methoxy groups -OCH3 is 2. The fraction of sp³-hybridized carbons (Fsp3) is 0.150. The zero-order valence-electron chi connectivity index (χ0n) is 16.1. The lowest BCUT2D eigenvalue weighted by molar-refractivity contribution is 0.100. The summed E-state index contributed by atoms with van der Waals surface area (Å²) in [6.07, 6.45) is 1.55. The maximum absolute atomic E-state index is 13.4. The Morgan fingerprint density at radius 1 is 1.17 bits per heavy atom. The van der Waals surface area contributed by atoms with Crippen LogP contribution in [-0.4, -0.2) is 36.2 Å². The van der Waals surface area contributed by atoms with Gasteiger partial charge in [-0.15, -0.1) is 23.7 Å². The van der Waals surface area contributed by atoms with Crippen LogP contribution in [0.25, 0.3) is 5.82 Å². The third-order valence-electron chi connectivity index (χ3n) is 4.41. The van der Waals surface area contributed by atoms with Crippen LogP contribution >= 0.6 is 35.5 Å². The van der Waals surface area contributed by atoms with Gasteiger partial charge in [-0.3, -0.25) is 19.7 Å². The Bertz CT molecular complexity index is 1160. The quantitative estimate of drug-likeness (QED) is 0.542. The minimum absolute atomic E-state index is 0. The van der Waals surface area contributed by atoms with Crippen molar-refractivity contribution >= 4 is 52.9 Å². The standard InChI is InChI=1S/C20H17ClN4O3S.ClH/c1-27-16-8-14-15(9-17(16)28-2)23-11-24(21)19(14)25(13-6-4-3-5-7-13)20(26)18-10-22-12-29-18;/h3-10,12H,11H2,1-2H3;1H. The van der Waals surface area contributed by atoms with Gasteiger partial charge >= 0.3 is 0 Å². The molecule has 1 aliphatic rings. The first kappa shape index (κ1) is 21.9. The Kier molecular flexibility index (Phi) is 6.81. The molecule has 0 unspecified atom stereocenters. The largest absolute Gasteiger partial charge is 0.493 e. The molecule has 10 heteroatoms. The Morgan fingerprint density at radius 2 is 1.87 bits per heavy atom. The second kappa shape index (κ2) is 9.34. The molecular weight excluding hydrogens is 447 g/mol. The molecule has 0 radical (unpaired) electrons. The van der Waals surface area contributed by atoms with Gasteiger partial charge in [-0.2, -0.15) is 0 Å². The number of fused-ring (bicyclic) bond motifs is 1. The van der Waals surface area contributed by atoms with Gasteiger partial charge in [-0.25, -0.2) is 4.42 Å². The van der Waals surface area contributed by atoms with Crippen molar-refractivity contribution < 1.29 is 14.3 Å². The van der Waals surface area contributed by atoms with Crippen LogP contribution in [0.3, 0.4) is 0 Å². The highest BCUT2D eigenvalue weighted by atomic mass is 35.5. The summed E-state index contributed by atoms with van der Waals surface area (Å²) in [5.41, 5.74) is 2.30. The lowest BCUT2D eigenvalue weighted by Gasteiger charge is -2.31. The normalized spacial score (nSPS) is 12.4. The van der Waals surface area contributed by atoms with Gasteiger partial charge in [0.25, 0.3) is 5.91 Å². The van der Waals surface area contributed by atoms with E-state index in [-0.39, 0.29) is 25.0 Å². The van der Waals surface area contributed by atoms with Crippen LogP contribution in [0.2, 0.25) is 0 Å². The molecule has 2 heterocycles. The fourth-order valence-corrected chi connectivity index (χ4v) is 3.86. The van der Waals surface area contributed by atoms with Gasteiger partial charge in [0.1, 0.15) is 17.4 Å². The first-order valence-electron chi connectivity index (χ1n) is 8.66. The number of carbonyl (C=O) groups is 1. The van der Waals surface area contributed by atoms with Gasteiger partial charge < -0.3 is 9.47 Å². The van der Waals surface area contributed by atoms with E-state index in [9.17, 15) is 4.79 Å². The van der Waals surface area contributed by atoms with E-state index in [2.05, 4.69) is 9.98 Å². The maximum atomic E-state index is 13.4. The van der Waals surface area contributed by atoms with Gasteiger partial charge in [0.05, 0.1) is 37.0 Å². The smallest absolute Gasteiger partial charge is 0.275 e.